The second-order valence-corrected chi connectivity index (χ2v) is 9.88. The van der Waals surface area contributed by atoms with Crippen LogP contribution in [0.5, 0.6) is 28.7 Å². The van der Waals surface area contributed by atoms with E-state index in [4.69, 9.17) is 28.4 Å². The summed E-state index contributed by atoms with van der Waals surface area (Å²) in [6.07, 6.45) is -14.9. The molecule has 2 heterocycles. The van der Waals surface area contributed by atoms with Gasteiger partial charge in [0, 0.05) is 6.07 Å². The summed E-state index contributed by atoms with van der Waals surface area (Å²) < 4.78 is 32.8. The van der Waals surface area contributed by atoms with Crippen LogP contribution in [0.15, 0.2) is 30.3 Å². The van der Waals surface area contributed by atoms with Crippen LogP contribution < -0.4 is 9.47 Å². The molecule has 0 aromatic heterocycles. The first kappa shape index (κ1) is 32.2. The van der Waals surface area contributed by atoms with Crippen molar-refractivity contribution in [2.75, 3.05) is 20.3 Å². The fourth-order valence-corrected chi connectivity index (χ4v) is 4.46. The average Bonchev–Trinajstić information content (AvgIpc) is 2.97. The second-order valence-electron chi connectivity index (χ2n) is 9.88. The molecule has 16 nitrogen and oxygen atoms in total. The van der Waals surface area contributed by atoms with Crippen molar-refractivity contribution in [2.24, 2.45) is 0 Å². The number of methoxy groups -OCH3 is 1. The lowest BCUT2D eigenvalue weighted by Crippen LogP contribution is -2.62. The maximum atomic E-state index is 12.9. The number of ether oxygens (including phenoxy) is 6. The van der Waals surface area contributed by atoms with Crippen LogP contribution in [-0.2, 0) is 18.9 Å². The van der Waals surface area contributed by atoms with E-state index >= 15 is 0 Å². The Morgan fingerprint density at radius 3 is 2.19 bits per heavy atom. The number of esters is 1. The summed E-state index contributed by atoms with van der Waals surface area (Å²) in [5.74, 6) is -3.98. The Morgan fingerprint density at radius 2 is 1.56 bits per heavy atom. The molecule has 2 fully saturated rings. The van der Waals surface area contributed by atoms with Crippen molar-refractivity contribution in [1.29, 1.82) is 0 Å². The highest BCUT2D eigenvalue weighted by molar-refractivity contribution is 5.97. The van der Waals surface area contributed by atoms with E-state index in [0.29, 0.717) is 5.75 Å². The van der Waals surface area contributed by atoms with Gasteiger partial charge in [-0.1, -0.05) is 0 Å². The summed E-state index contributed by atoms with van der Waals surface area (Å²) in [4.78, 5) is 25.1. The molecule has 236 valence electrons. The molecule has 43 heavy (non-hydrogen) atoms. The van der Waals surface area contributed by atoms with E-state index in [1.165, 1.54) is 32.2 Å². The van der Waals surface area contributed by atoms with E-state index in [0.717, 1.165) is 12.1 Å². The summed E-state index contributed by atoms with van der Waals surface area (Å²) in [5.41, 5.74) is -0.358. The molecule has 2 aliphatic rings. The van der Waals surface area contributed by atoms with Gasteiger partial charge in [0.05, 0.1) is 31.5 Å². The van der Waals surface area contributed by atoms with E-state index in [1.54, 1.807) is 0 Å². The minimum absolute atomic E-state index is 0.0728. The van der Waals surface area contributed by atoms with Gasteiger partial charge in [-0.3, -0.25) is 4.79 Å². The van der Waals surface area contributed by atoms with Crippen LogP contribution in [0.4, 0.5) is 0 Å². The van der Waals surface area contributed by atoms with Gasteiger partial charge in [-0.25, -0.2) is 4.79 Å². The molecular weight excluding hydrogens is 580 g/mol. The number of phenols is 3. The zero-order valence-corrected chi connectivity index (χ0v) is 22.8. The van der Waals surface area contributed by atoms with Crippen LogP contribution >= 0.6 is 0 Å². The zero-order valence-electron chi connectivity index (χ0n) is 22.8. The topological polar surface area (TPSA) is 251 Å². The molecule has 0 aliphatic carbocycles. The van der Waals surface area contributed by atoms with Crippen LogP contribution in [0.3, 0.4) is 0 Å². The van der Waals surface area contributed by atoms with Gasteiger partial charge >= 0.3 is 5.97 Å². The second kappa shape index (κ2) is 13.3. The summed E-state index contributed by atoms with van der Waals surface area (Å²) >= 11 is 0. The number of benzene rings is 2. The summed E-state index contributed by atoms with van der Waals surface area (Å²) in [5, 5.41) is 80.9. The number of aliphatic hydroxyl groups is 5. The van der Waals surface area contributed by atoms with E-state index in [2.05, 4.69) is 0 Å². The number of aromatic hydroxyl groups is 3. The number of phenolic OH excluding ortho intramolecular Hbond substituents is 3. The molecule has 0 amide bonds. The molecular formula is C27H32O16. The maximum Gasteiger partial charge on any atom is 0.338 e. The number of rotatable bonds is 9. The Balaban J connectivity index is 1.60. The smallest absolute Gasteiger partial charge is 0.338 e. The Bertz CT molecular complexity index is 1290. The van der Waals surface area contributed by atoms with Crippen molar-refractivity contribution < 1.29 is 78.9 Å². The average molecular weight is 613 g/mol. The SMILES string of the molecule is COc1ccc(C(C)=O)c(O[C@@H]2O[C@H](CO[C@@H]3OC[C@H](O)[C@H](O)[C@H]3O)[C@@H](OC(=O)c3cc(O)c(O)c(O)c3)[C@H](O)[C@H]2O)c1. The molecule has 8 N–H and O–H groups in total. The Hall–Kier alpha value is -3.74. The summed E-state index contributed by atoms with van der Waals surface area (Å²) in [7, 11) is 1.37. The minimum Gasteiger partial charge on any atom is -0.504 e. The molecule has 0 bridgehead atoms. The molecule has 0 saturated carbocycles. The number of ketones is 1. The number of carbonyl (C=O) groups is 2. The van der Waals surface area contributed by atoms with E-state index in [9.17, 15) is 50.4 Å². The predicted molar refractivity (Wildman–Crippen MR) is 139 cm³/mol. The lowest BCUT2D eigenvalue weighted by atomic mass is 9.98. The van der Waals surface area contributed by atoms with Crippen LogP contribution in [0.1, 0.15) is 27.6 Å². The number of hydrogen-bond acceptors (Lipinski definition) is 16. The van der Waals surface area contributed by atoms with Crippen molar-refractivity contribution in [3.8, 4) is 28.7 Å². The Morgan fingerprint density at radius 1 is 0.907 bits per heavy atom. The Kier molecular flexibility index (Phi) is 9.93. The third kappa shape index (κ3) is 6.92. The lowest BCUT2D eigenvalue weighted by Gasteiger charge is -2.42. The molecule has 2 aromatic carbocycles. The number of hydrogen-bond donors (Lipinski definition) is 8. The van der Waals surface area contributed by atoms with Crippen molar-refractivity contribution in [1.82, 2.24) is 0 Å². The minimum atomic E-state index is -1.92. The third-order valence-corrected chi connectivity index (χ3v) is 6.88. The molecule has 0 spiro atoms. The Labute approximate surface area is 243 Å². The number of carbonyl (C=O) groups excluding carboxylic acids is 2. The van der Waals surface area contributed by atoms with Crippen LogP contribution in [-0.4, -0.2) is 128 Å². The van der Waals surface area contributed by atoms with Crippen LogP contribution in [0.25, 0.3) is 0 Å². The standard InChI is InChI=1S/C27H32O16/c1-10(28)13-4-3-12(38-2)7-17(13)41-27-23(36)21(34)24(43-25(37)11-5-14(29)19(32)15(30)6-11)18(42-27)9-40-26-22(35)20(33)16(31)8-39-26/h3-7,16,18,20-24,26-27,29-36H,8-9H2,1-2H3/t16-,18+,20-,21+,22+,23+,24+,26-,27+/m0/s1. The van der Waals surface area contributed by atoms with Gasteiger partial charge in [0.2, 0.25) is 6.29 Å². The van der Waals surface area contributed by atoms with Gasteiger partial charge in [-0.05, 0) is 31.2 Å². The zero-order chi connectivity index (χ0) is 31.6. The van der Waals surface area contributed by atoms with E-state index < -0.39 is 103 Å². The van der Waals surface area contributed by atoms with E-state index in [-0.39, 0.29) is 11.3 Å². The van der Waals surface area contributed by atoms with Crippen LogP contribution in [0.2, 0.25) is 0 Å². The molecule has 0 unspecified atom stereocenters. The normalized spacial score (nSPS) is 30.8. The number of aliphatic hydroxyl groups excluding tert-OH is 5. The fraction of sp³-hybridized carbons (Fsp3) is 0.481. The lowest BCUT2D eigenvalue weighted by molar-refractivity contribution is -0.307. The highest BCUT2D eigenvalue weighted by atomic mass is 16.7. The first-order valence-corrected chi connectivity index (χ1v) is 12.9. The highest BCUT2D eigenvalue weighted by Crippen LogP contribution is 2.36. The molecule has 16 heteroatoms. The first-order valence-electron chi connectivity index (χ1n) is 12.9. The van der Waals surface area contributed by atoms with Crippen molar-refractivity contribution in [3.63, 3.8) is 0 Å². The molecule has 0 radical (unpaired) electrons. The molecule has 2 aliphatic heterocycles. The van der Waals surface area contributed by atoms with Gasteiger partial charge in [0.1, 0.15) is 48.1 Å². The van der Waals surface area contributed by atoms with Crippen molar-refractivity contribution >= 4 is 11.8 Å². The summed E-state index contributed by atoms with van der Waals surface area (Å²) in [6, 6.07) is 5.83. The molecule has 2 saturated heterocycles. The van der Waals surface area contributed by atoms with Gasteiger partial charge in [-0.15, -0.1) is 0 Å². The van der Waals surface area contributed by atoms with E-state index in [1.807, 2.05) is 0 Å². The highest BCUT2D eigenvalue weighted by Gasteiger charge is 2.49. The van der Waals surface area contributed by atoms with Gasteiger partial charge in [-0.2, -0.15) is 0 Å². The van der Waals surface area contributed by atoms with Crippen molar-refractivity contribution in [3.05, 3.63) is 41.5 Å². The molecule has 2 aromatic rings. The number of Topliss-reactive ketones (excluding diaryl/α,β-unsaturated/α-hetero) is 1. The van der Waals surface area contributed by atoms with Gasteiger partial charge in [0.15, 0.2) is 35.4 Å². The molecule has 4 rings (SSSR count). The monoisotopic (exact) mass is 612 g/mol. The van der Waals surface area contributed by atoms with Gasteiger partial charge < -0.3 is 69.3 Å². The quantitative estimate of drug-likeness (QED) is 0.0913. The van der Waals surface area contributed by atoms with Crippen LogP contribution in [0, 0.1) is 0 Å². The largest absolute Gasteiger partial charge is 0.504 e. The third-order valence-electron chi connectivity index (χ3n) is 6.88. The molecule has 9 atom stereocenters. The maximum absolute atomic E-state index is 12.9. The van der Waals surface area contributed by atoms with Gasteiger partial charge in [0.25, 0.3) is 0 Å². The first-order chi connectivity index (χ1) is 20.3. The summed E-state index contributed by atoms with van der Waals surface area (Å²) in [6.45, 7) is 0.265. The fourth-order valence-electron chi connectivity index (χ4n) is 4.46. The predicted octanol–water partition coefficient (Wildman–Crippen LogP) is -1.48. The van der Waals surface area contributed by atoms with Crippen molar-refractivity contribution in [2.45, 2.75) is 62.2 Å².